The average Bonchev–Trinajstić information content (AvgIpc) is 2.46. The summed E-state index contributed by atoms with van der Waals surface area (Å²) in [5.74, 6) is 2.94. The summed E-state index contributed by atoms with van der Waals surface area (Å²) in [7, 11) is 0. The van der Waals surface area contributed by atoms with Crippen molar-refractivity contribution in [1.82, 2.24) is 5.32 Å². The summed E-state index contributed by atoms with van der Waals surface area (Å²) in [6, 6.07) is 19.0. The number of nitrogens with one attached hydrogen (secondary N) is 1. The minimum absolute atomic E-state index is 0. The molecule has 0 aliphatic rings. The minimum atomic E-state index is 0. The highest BCUT2D eigenvalue weighted by Gasteiger charge is 2.13. The lowest BCUT2D eigenvalue weighted by Crippen LogP contribution is -2.22. The first kappa shape index (κ1) is 16.8. The van der Waals surface area contributed by atoms with Gasteiger partial charge in [-0.05, 0) is 23.3 Å². The van der Waals surface area contributed by atoms with Crippen LogP contribution >= 0.6 is 28.3 Å². The number of terminal acetylenes is 1. The standard InChI is InChI=1S/C17H16BrN.ClH/c1-2-12-19-13-17(14-6-4-3-5-7-14)15-8-10-16(18)11-9-15;/h1,3-11,17,19H,12-13H2;1H/t17-;/m1./s1. The highest BCUT2D eigenvalue weighted by atomic mass is 79.9. The van der Waals surface area contributed by atoms with Crippen molar-refractivity contribution in [3.8, 4) is 12.3 Å². The van der Waals surface area contributed by atoms with Gasteiger partial charge in [0.2, 0.25) is 0 Å². The molecule has 0 saturated carbocycles. The van der Waals surface area contributed by atoms with Crippen LogP contribution in [0.25, 0.3) is 0 Å². The highest BCUT2D eigenvalue weighted by molar-refractivity contribution is 9.10. The zero-order chi connectivity index (χ0) is 13.5. The maximum absolute atomic E-state index is 5.29. The quantitative estimate of drug-likeness (QED) is 0.629. The summed E-state index contributed by atoms with van der Waals surface area (Å²) in [4.78, 5) is 0. The van der Waals surface area contributed by atoms with Crippen LogP contribution in [0.2, 0.25) is 0 Å². The molecule has 3 heteroatoms. The molecule has 0 radical (unpaired) electrons. The van der Waals surface area contributed by atoms with E-state index in [0.717, 1.165) is 11.0 Å². The lowest BCUT2D eigenvalue weighted by Gasteiger charge is -2.18. The maximum Gasteiger partial charge on any atom is 0.0574 e. The van der Waals surface area contributed by atoms with Crippen LogP contribution in [0.1, 0.15) is 17.0 Å². The van der Waals surface area contributed by atoms with Crippen molar-refractivity contribution in [1.29, 1.82) is 0 Å². The van der Waals surface area contributed by atoms with E-state index in [1.807, 2.05) is 6.07 Å². The van der Waals surface area contributed by atoms with Crippen LogP contribution in [0.4, 0.5) is 0 Å². The Kier molecular flexibility index (Phi) is 7.40. The summed E-state index contributed by atoms with van der Waals surface area (Å²) in [6.45, 7) is 1.44. The fourth-order valence-corrected chi connectivity index (χ4v) is 2.36. The van der Waals surface area contributed by atoms with Gasteiger partial charge < -0.3 is 5.32 Å². The van der Waals surface area contributed by atoms with Crippen LogP contribution in [0.15, 0.2) is 59.1 Å². The predicted octanol–water partition coefficient (Wildman–Crippen LogP) is 4.23. The molecule has 1 nitrogen and oxygen atoms in total. The summed E-state index contributed by atoms with van der Waals surface area (Å²) in [5, 5.41) is 3.30. The second kappa shape index (κ2) is 8.81. The molecule has 0 unspecified atom stereocenters. The first-order chi connectivity index (χ1) is 9.31. The molecule has 0 spiro atoms. The number of hydrogen-bond acceptors (Lipinski definition) is 1. The predicted molar refractivity (Wildman–Crippen MR) is 91.4 cm³/mol. The van der Waals surface area contributed by atoms with Crippen molar-refractivity contribution < 1.29 is 0 Å². The van der Waals surface area contributed by atoms with Crippen molar-refractivity contribution in [2.45, 2.75) is 5.92 Å². The Balaban J connectivity index is 0.00000200. The molecule has 0 bridgehead atoms. The van der Waals surface area contributed by atoms with Crippen molar-refractivity contribution >= 4 is 28.3 Å². The Morgan fingerprint density at radius 2 is 1.60 bits per heavy atom. The molecule has 2 aromatic carbocycles. The van der Waals surface area contributed by atoms with E-state index < -0.39 is 0 Å². The first-order valence-corrected chi connectivity index (χ1v) is 7.05. The van der Waals surface area contributed by atoms with E-state index in [2.05, 4.69) is 75.7 Å². The molecule has 1 atom stereocenters. The third-order valence-corrected chi connectivity index (χ3v) is 3.58. The van der Waals surface area contributed by atoms with Crippen molar-refractivity contribution in [2.24, 2.45) is 0 Å². The Bertz CT molecular complexity index is 545. The van der Waals surface area contributed by atoms with Gasteiger partial charge >= 0.3 is 0 Å². The third kappa shape index (κ3) is 4.68. The van der Waals surface area contributed by atoms with E-state index in [1.54, 1.807) is 0 Å². The van der Waals surface area contributed by atoms with Gasteiger partial charge in [0.15, 0.2) is 0 Å². The minimum Gasteiger partial charge on any atom is -0.305 e. The van der Waals surface area contributed by atoms with E-state index in [0.29, 0.717) is 12.5 Å². The van der Waals surface area contributed by atoms with E-state index in [4.69, 9.17) is 6.42 Å². The summed E-state index contributed by atoms with van der Waals surface area (Å²) >= 11 is 3.47. The van der Waals surface area contributed by atoms with Gasteiger partial charge in [-0.2, -0.15) is 0 Å². The maximum atomic E-state index is 5.29. The largest absolute Gasteiger partial charge is 0.305 e. The Labute approximate surface area is 135 Å². The number of halogens is 2. The van der Waals surface area contributed by atoms with Gasteiger partial charge in [-0.15, -0.1) is 18.8 Å². The number of rotatable bonds is 5. The average molecular weight is 351 g/mol. The molecule has 0 aromatic heterocycles. The van der Waals surface area contributed by atoms with Gasteiger partial charge in [-0.25, -0.2) is 0 Å². The Hall–Kier alpha value is -1.27. The molecule has 0 aliphatic heterocycles. The van der Waals surface area contributed by atoms with Crippen LogP contribution in [0.3, 0.4) is 0 Å². The molecule has 2 rings (SSSR count). The van der Waals surface area contributed by atoms with Gasteiger partial charge in [-0.1, -0.05) is 64.3 Å². The number of hydrogen-bond donors (Lipinski definition) is 1. The van der Waals surface area contributed by atoms with E-state index in [1.165, 1.54) is 11.1 Å². The van der Waals surface area contributed by atoms with E-state index >= 15 is 0 Å². The van der Waals surface area contributed by atoms with Crippen LogP contribution < -0.4 is 5.32 Å². The van der Waals surface area contributed by atoms with Crippen LogP contribution in [-0.2, 0) is 0 Å². The zero-order valence-electron chi connectivity index (χ0n) is 11.1. The summed E-state index contributed by atoms with van der Waals surface area (Å²) in [5.41, 5.74) is 2.59. The normalized spacial score (nSPS) is 11.2. The summed E-state index contributed by atoms with van der Waals surface area (Å²) < 4.78 is 1.10. The van der Waals surface area contributed by atoms with Crippen molar-refractivity contribution in [3.63, 3.8) is 0 Å². The molecule has 0 amide bonds. The van der Waals surface area contributed by atoms with Gasteiger partial charge in [0, 0.05) is 16.9 Å². The topological polar surface area (TPSA) is 12.0 Å². The van der Waals surface area contributed by atoms with Gasteiger partial charge in [0.05, 0.1) is 6.54 Å². The van der Waals surface area contributed by atoms with E-state index in [-0.39, 0.29) is 12.4 Å². The smallest absolute Gasteiger partial charge is 0.0574 e. The Morgan fingerprint density at radius 3 is 2.20 bits per heavy atom. The molecule has 1 N–H and O–H groups in total. The van der Waals surface area contributed by atoms with Crippen molar-refractivity contribution in [3.05, 3.63) is 70.2 Å². The van der Waals surface area contributed by atoms with Gasteiger partial charge in [-0.3, -0.25) is 0 Å². The van der Waals surface area contributed by atoms with Gasteiger partial charge in [0.25, 0.3) is 0 Å². The fraction of sp³-hybridized carbons (Fsp3) is 0.176. The zero-order valence-corrected chi connectivity index (χ0v) is 13.5. The van der Waals surface area contributed by atoms with Crippen LogP contribution in [-0.4, -0.2) is 13.1 Å². The van der Waals surface area contributed by atoms with Crippen LogP contribution in [0.5, 0.6) is 0 Å². The second-order valence-corrected chi connectivity index (χ2v) is 5.27. The molecule has 0 fully saturated rings. The third-order valence-electron chi connectivity index (χ3n) is 3.05. The highest BCUT2D eigenvalue weighted by Crippen LogP contribution is 2.25. The van der Waals surface area contributed by atoms with Crippen molar-refractivity contribution in [2.75, 3.05) is 13.1 Å². The monoisotopic (exact) mass is 349 g/mol. The first-order valence-electron chi connectivity index (χ1n) is 6.26. The molecular weight excluding hydrogens is 334 g/mol. The molecule has 0 aliphatic carbocycles. The lowest BCUT2D eigenvalue weighted by atomic mass is 9.91. The molecule has 20 heavy (non-hydrogen) atoms. The molecule has 104 valence electrons. The molecule has 2 aromatic rings. The fourth-order valence-electron chi connectivity index (χ4n) is 2.10. The molecule has 0 saturated heterocycles. The lowest BCUT2D eigenvalue weighted by molar-refractivity contribution is 0.683. The van der Waals surface area contributed by atoms with E-state index in [9.17, 15) is 0 Å². The Morgan fingerprint density at radius 1 is 1.00 bits per heavy atom. The SMILES string of the molecule is C#CCNC[C@H](c1ccccc1)c1ccc(Br)cc1.Cl. The van der Waals surface area contributed by atoms with Crippen LogP contribution in [0, 0.1) is 12.3 Å². The summed E-state index contributed by atoms with van der Waals surface area (Å²) in [6.07, 6.45) is 5.29. The second-order valence-electron chi connectivity index (χ2n) is 4.35. The van der Waals surface area contributed by atoms with Gasteiger partial charge in [0.1, 0.15) is 0 Å². The molecular formula is C17H17BrClN. The molecule has 0 heterocycles. The number of benzene rings is 2.